The maximum Gasteiger partial charge on any atom is 0.244 e. The molecular formula is C9H9BrCl2FNO2S. The van der Waals surface area contributed by atoms with Crippen LogP contribution in [0.5, 0.6) is 0 Å². The van der Waals surface area contributed by atoms with E-state index in [1.165, 1.54) is 13.1 Å². The fraction of sp³-hybridized carbons (Fsp3) is 0.333. The lowest BCUT2D eigenvalue weighted by atomic mass is 10.3. The summed E-state index contributed by atoms with van der Waals surface area (Å²) in [5, 5.41) is -0.229. The van der Waals surface area contributed by atoms with Crippen LogP contribution in [0.2, 0.25) is 10.0 Å². The predicted molar refractivity (Wildman–Crippen MR) is 70.0 cm³/mol. The highest BCUT2D eigenvalue weighted by Crippen LogP contribution is 2.30. The fourth-order valence-corrected chi connectivity index (χ4v) is 3.77. The quantitative estimate of drug-likeness (QED) is 0.608. The van der Waals surface area contributed by atoms with E-state index in [4.69, 9.17) is 23.2 Å². The number of halogens is 4. The Balaban J connectivity index is 3.30. The van der Waals surface area contributed by atoms with E-state index in [9.17, 15) is 12.8 Å². The van der Waals surface area contributed by atoms with E-state index in [0.717, 1.165) is 10.4 Å². The van der Waals surface area contributed by atoms with E-state index < -0.39 is 20.9 Å². The molecule has 1 rings (SSSR count). The van der Waals surface area contributed by atoms with Crippen molar-refractivity contribution in [3.05, 3.63) is 28.0 Å². The van der Waals surface area contributed by atoms with Crippen LogP contribution >= 0.6 is 39.1 Å². The summed E-state index contributed by atoms with van der Waals surface area (Å²) in [5.41, 5.74) is 0. The Hall–Kier alpha value is 0.120. The number of benzene rings is 1. The van der Waals surface area contributed by atoms with Crippen molar-refractivity contribution in [1.82, 2.24) is 4.31 Å². The molecule has 0 fully saturated rings. The number of nitrogens with zero attached hydrogens (tertiary/aromatic N) is 1. The molecule has 17 heavy (non-hydrogen) atoms. The van der Waals surface area contributed by atoms with Crippen molar-refractivity contribution in [3.63, 3.8) is 0 Å². The summed E-state index contributed by atoms with van der Waals surface area (Å²) in [4.78, 5) is -0.287. The third-order valence-electron chi connectivity index (χ3n) is 2.09. The summed E-state index contributed by atoms with van der Waals surface area (Å²) in [7, 11) is -2.41. The molecule has 3 nitrogen and oxygen atoms in total. The number of sulfonamides is 1. The van der Waals surface area contributed by atoms with Gasteiger partial charge in [-0.1, -0.05) is 39.1 Å². The van der Waals surface area contributed by atoms with Gasteiger partial charge in [-0.15, -0.1) is 0 Å². The number of alkyl halides is 1. The Morgan fingerprint density at radius 1 is 1.41 bits per heavy atom. The molecule has 0 atom stereocenters. The Morgan fingerprint density at radius 2 is 2.00 bits per heavy atom. The van der Waals surface area contributed by atoms with Crippen LogP contribution in [0.15, 0.2) is 17.0 Å². The van der Waals surface area contributed by atoms with Gasteiger partial charge in [0.15, 0.2) is 5.82 Å². The molecule has 0 heterocycles. The topological polar surface area (TPSA) is 37.4 Å². The lowest BCUT2D eigenvalue weighted by Crippen LogP contribution is -2.29. The van der Waals surface area contributed by atoms with Crippen LogP contribution in [-0.2, 0) is 10.0 Å². The highest BCUT2D eigenvalue weighted by atomic mass is 79.9. The molecule has 0 saturated heterocycles. The minimum absolute atomic E-state index is 0.211. The van der Waals surface area contributed by atoms with E-state index in [1.807, 2.05) is 0 Å². The number of hydrogen-bond acceptors (Lipinski definition) is 2. The van der Waals surface area contributed by atoms with Crippen molar-refractivity contribution in [2.45, 2.75) is 4.90 Å². The average Bonchev–Trinajstić information content (AvgIpc) is 2.26. The lowest BCUT2D eigenvalue weighted by Gasteiger charge is -2.17. The number of rotatable bonds is 4. The first kappa shape index (κ1) is 15.2. The molecule has 0 amide bonds. The van der Waals surface area contributed by atoms with Crippen molar-refractivity contribution in [2.75, 3.05) is 18.9 Å². The second-order valence-electron chi connectivity index (χ2n) is 3.19. The van der Waals surface area contributed by atoms with Crippen molar-refractivity contribution in [2.24, 2.45) is 0 Å². The molecular weight excluding hydrogens is 356 g/mol. The normalized spacial score (nSPS) is 12.1. The smallest absolute Gasteiger partial charge is 0.207 e. The SMILES string of the molecule is CN(CCBr)S(=O)(=O)c1ccc(Cl)c(F)c1Cl. The van der Waals surface area contributed by atoms with E-state index in [0.29, 0.717) is 5.33 Å². The maximum absolute atomic E-state index is 13.4. The fourth-order valence-electron chi connectivity index (χ4n) is 1.11. The molecule has 0 radical (unpaired) electrons. The van der Waals surface area contributed by atoms with Crippen LogP contribution in [0.3, 0.4) is 0 Å². The molecule has 0 aliphatic heterocycles. The lowest BCUT2D eigenvalue weighted by molar-refractivity contribution is 0.488. The zero-order valence-electron chi connectivity index (χ0n) is 8.75. The van der Waals surface area contributed by atoms with Gasteiger partial charge in [-0.2, -0.15) is 0 Å². The van der Waals surface area contributed by atoms with Crippen LogP contribution in [0.1, 0.15) is 0 Å². The molecule has 0 spiro atoms. The molecule has 0 aromatic heterocycles. The number of hydrogen-bond donors (Lipinski definition) is 0. The summed E-state index contributed by atoms with van der Waals surface area (Å²) in [5.74, 6) is -0.929. The van der Waals surface area contributed by atoms with Crippen LogP contribution in [0.4, 0.5) is 4.39 Å². The van der Waals surface area contributed by atoms with Gasteiger partial charge < -0.3 is 0 Å². The Bertz CT molecular complexity index is 524. The molecule has 1 aromatic carbocycles. The van der Waals surface area contributed by atoms with Crippen molar-refractivity contribution >= 4 is 49.2 Å². The largest absolute Gasteiger partial charge is 0.244 e. The Labute approximate surface area is 118 Å². The summed E-state index contributed by atoms with van der Waals surface area (Å²) < 4.78 is 38.5. The van der Waals surface area contributed by atoms with E-state index in [2.05, 4.69) is 15.9 Å². The molecule has 0 aliphatic rings. The standard InChI is InChI=1S/C9H9BrCl2FNO2S/c1-14(5-4-10)17(15,16)7-3-2-6(11)9(13)8(7)12/h2-3H,4-5H2,1H3. The van der Waals surface area contributed by atoms with Crippen molar-refractivity contribution < 1.29 is 12.8 Å². The first-order valence-electron chi connectivity index (χ1n) is 4.48. The van der Waals surface area contributed by atoms with Crippen LogP contribution in [-0.4, -0.2) is 31.6 Å². The van der Waals surface area contributed by atoms with Gasteiger partial charge in [0.2, 0.25) is 10.0 Å². The van der Waals surface area contributed by atoms with Crippen molar-refractivity contribution in [1.29, 1.82) is 0 Å². The minimum atomic E-state index is -3.80. The van der Waals surface area contributed by atoms with Gasteiger partial charge in [-0.3, -0.25) is 0 Å². The molecule has 0 unspecified atom stereocenters. The monoisotopic (exact) mass is 363 g/mol. The molecule has 1 aromatic rings. The first-order chi connectivity index (χ1) is 7.82. The summed E-state index contributed by atoms with van der Waals surface area (Å²) >= 11 is 14.3. The third kappa shape index (κ3) is 3.12. The molecule has 0 bridgehead atoms. The molecule has 96 valence electrons. The highest BCUT2D eigenvalue weighted by Gasteiger charge is 2.25. The molecule has 0 aliphatic carbocycles. The van der Waals surface area contributed by atoms with Gasteiger partial charge in [0.05, 0.1) is 10.0 Å². The van der Waals surface area contributed by atoms with E-state index >= 15 is 0 Å². The highest BCUT2D eigenvalue weighted by molar-refractivity contribution is 9.09. The third-order valence-corrected chi connectivity index (χ3v) is 5.11. The molecule has 8 heteroatoms. The second-order valence-corrected chi connectivity index (χ2v) is 6.78. The average molecular weight is 365 g/mol. The van der Waals surface area contributed by atoms with Crippen LogP contribution in [0.25, 0.3) is 0 Å². The van der Waals surface area contributed by atoms with Gasteiger partial charge in [-0.05, 0) is 12.1 Å². The Kier molecular flexibility index (Phi) is 5.21. The van der Waals surface area contributed by atoms with E-state index in [-0.39, 0.29) is 16.5 Å². The summed E-state index contributed by atoms with van der Waals surface area (Å²) in [6.45, 7) is 0.253. The summed E-state index contributed by atoms with van der Waals surface area (Å²) in [6.07, 6.45) is 0. The van der Waals surface area contributed by atoms with Gasteiger partial charge in [0.25, 0.3) is 0 Å². The predicted octanol–water partition coefficient (Wildman–Crippen LogP) is 3.15. The van der Waals surface area contributed by atoms with Crippen LogP contribution < -0.4 is 0 Å². The van der Waals surface area contributed by atoms with E-state index in [1.54, 1.807) is 0 Å². The van der Waals surface area contributed by atoms with Gasteiger partial charge >= 0.3 is 0 Å². The van der Waals surface area contributed by atoms with Crippen molar-refractivity contribution in [3.8, 4) is 0 Å². The van der Waals surface area contributed by atoms with Gasteiger partial charge in [0, 0.05) is 18.9 Å². The molecule has 0 saturated carbocycles. The Morgan fingerprint density at radius 3 is 2.53 bits per heavy atom. The minimum Gasteiger partial charge on any atom is -0.207 e. The maximum atomic E-state index is 13.4. The first-order valence-corrected chi connectivity index (χ1v) is 7.80. The zero-order chi connectivity index (χ0) is 13.2. The zero-order valence-corrected chi connectivity index (χ0v) is 12.7. The second kappa shape index (κ2) is 5.84. The molecule has 0 N–H and O–H groups in total. The summed E-state index contributed by atoms with van der Waals surface area (Å²) in [6, 6.07) is 2.35. The van der Waals surface area contributed by atoms with Gasteiger partial charge in [-0.25, -0.2) is 17.1 Å². The van der Waals surface area contributed by atoms with Crippen LogP contribution in [0, 0.1) is 5.82 Å². The van der Waals surface area contributed by atoms with Gasteiger partial charge in [0.1, 0.15) is 4.90 Å².